The molecule has 5 heteroatoms. The molecule has 0 aliphatic heterocycles. The fourth-order valence-corrected chi connectivity index (χ4v) is 3.40. The molecule has 0 saturated heterocycles. The number of carbonyl (C=O) groups excluding carboxylic acids is 1. The van der Waals surface area contributed by atoms with E-state index in [0.29, 0.717) is 26.5 Å². The second kappa shape index (κ2) is 7.08. The maximum absolute atomic E-state index is 12.4. The SMILES string of the molecule is O=C(c1ccc(Cl)cc1Br)[C@H](Br)Cc1ccc(Cl)cc1. The molecule has 0 aliphatic rings. The number of rotatable bonds is 4. The van der Waals surface area contributed by atoms with Gasteiger partial charge in [-0.25, -0.2) is 0 Å². The summed E-state index contributed by atoms with van der Waals surface area (Å²) in [5.74, 6) is 0.0171. The van der Waals surface area contributed by atoms with Crippen LogP contribution in [0.1, 0.15) is 15.9 Å². The third-order valence-corrected chi connectivity index (χ3v) is 4.69. The van der Waals surface area contributed by atoms with E-state index in [1.807, 2.05) is 24.3 Å². The molecule has 0 fully saturated rings. The summed E-state index contributed by atoms with van der Waals surface area (Å²) < 4.78 is 0.704. The highest BCUT2D eigenvalue weighted by Crippen LogP contribution is 2.25. The van der Waals surface area contributed by atoms with Crippen LogP contribution < -0.4 is 0 Å². The standard InChI is InChI=1S/C15H10Br2Cl2O/c16-13-8-11(19)5-6-12(13)15(20)14(17)7-9-1-3-10(18)4-2-9/h1-6,8,14H,7H2/t14-/m1/s1. The summed E-state index contributed by atoms with van der Waals surface area (Å²) in [5.41, 5.74) is 1.67. The molecule has 0 unspecified atom stereocenters. The van der Waals surface area contributed by atoms with Crippen LogP contribution >= 0.6 is 55.1 Å². The van der Waals surface area contributed by atoms with Crippen molar-refractivity contribution in [2.45, 2.75) is 11.2 Å². The Morgan fingerprint density at radius 1 is 1.05 bits per heavy atom. The van der Waals surface area contributed by atoms with Crippen LogP contribution in [0.5, 0.6) is 0 Å². The van der Waals surface area contributed by atoms with Gasteiger partial charge in [-0.2, -0.15) is 0 Å². The lowest BCUT2D eigenvalue weighted by Crippen LogP contribution is -2.17. The molecule has 2 rings (SSSR count). The van der Waals surface area contributed by atoms with Crippen LogP contribution in [0, 0.1) is 0 Å². The van der Waals surface area contributed by atoms with Gasteiger partial charge in [-0.15, -0.1) is 0 Å². The molecule has 0 N–H and O–H groups in total. The maximum Gasteiger partial charge on any atom is 0.177 e. The maximum atomic E-state index is 12.4. The van der Waals surface area contributed by atoms with Crippen LogP contribution in [0.25, 0.3) is 0 Å². The summed E-state index contributed by atoms with van der Waals surface area (Å²) in [6.45, 7) is 0. The number of carbonyl (C=O) groups is 1. The minimum atomic E-state index is -0.291. The zero-order valence-electron chi connectivity index (χ0n) is 10.2. The van der Waals surface area contributed by atoms with Gasteiger partial charge in [-0.1, -0.05) is 51.3 Å². The minimum absolute atomic E-state index is 0.0171. The molecule has 104 valence electrons. The first-order valence-electron chi connectivity index (χ1n) is 5.85. The Kier molecular flexibility index (Phi) is 5.67. The van der Waals surface area contributed by atoms with Gasteiger partial charge < -0.3 is 0 Å². The van der Waals surface area contributed by atoms with Crippen LogP contribution in [0.2, 0.25) is 10.0 Å². The highest BCUT2D eigenvalue weighted by molar-refractivity contribution is 9.10. The highest BCUT2D eigenvalue weighted by atomic mass is 79.9. The molecule has 1 nitrogen and oxygen atoms in total. The molecule has 0 radical (unpaired) electrons. The lowest BCUT2D eigenvalue weighted by atomic mass is 10.0. The third kappa shape index (κ3) is 4.08. The Balaban J connectivity index is 2.14. The number of benzene rings is 2. The first kappa shape index (κ1) is 16.0. The second-order valence-corrected chi connectivity index (χ2v) is 7.12. The summed E-state index contributed by atoms with van der Waals surface area (Å²) in [5, 5.41) is 1.28. The fourth-order valence-electron chi connectivity index (χ4n) is 1.78. The molecule has 0 aliphatic carbocycles. The highest BCUT2D eigenvalue weighted by Gasteiger charge is 2.19. The van der Waals surface area contributed by atoms with Gasteiger partial charge in [0.25, 0.3) is 0 Å². The second-order valence-electron chi connectivity index (χ2n) is 4.29. The Morgan fingerprint density at radius 3 is 2.25 bits per heavy atom. The lowest BCUT2D eigenvalue weighted by Gasteiger charge is -2.11. The molecule has 0 bridgehead atoms. The van der Waals surface area contributed by atoms with Crippen molar-refractivity contribution >= 4 is 60.8 Å². The van der Waals surface area contributed by atoms with Crippen molar-refractivity contribution in [1.82, 2.24) is 0 Å². The van der Waals surface area contributed by atoms with E-state index >= 15 is 0 Å². The van der Waals surface area contributed by atoms with Crippen molar-refractivity contribution in [2.24, 2.45) is 0 Å². The third-order valence-electron chi connectivity index (χ3n) is 2.81. The van der Waals surface area contributed by atoms with Crippen LogP contribution in [0.15, 0.2) is 46.9 Å². The Bertz CT molecular complexity index is 626. The number of Topliss-reactive ketones (excluding diaryl/α,β-unsaturated/α-hetero) is 1. The van der Waals surface area contributed by atoms with Crippen molar-refractivity contribution in [2.75, 3.05) is 0 Å². The van der Waals surface area contributed by atoms with Gasteiger partial charge in [0.1, 0.15) is 0 Å². The molecular formula is C15H10Br2Cl2O. The van der Waals surface area contributed by atoms with Crippen molar-refractivity contribution in [3.8, 4) is 0 Å². The Morgan fingerprint density at radius 2 is 1.65 bits per heavy atom. The Hall–Kier alpha value is -0.350. The van der Waals surface area contributed by atoms with Crippen LogP contribution in [0.3, 0.4) is 0 Å². The summed E-state index contributed by atoms with van der Waals surface area (Å²) in [4.78, 5) is 12.1. The summed E-state index contributed by atoms with van der Waals surface area (Å²) in [6.07, 6.45) is 0.602. The van der Waals surface area contributed by atoms with Gasteiger partial charge in [-0.05, 0) is 58.2 Å². The number of hydrogen-bond acceptors (Lipinski definition) is 1. The van der Waals surface area contributed by atoms with Gasteiger partial charge in [0.15, 0.2) is 5.78 Å². The van der Waals surface area contributed by atoms with Gasteiger partial charge in [-0.3, -0.25) is 4.79 Å². The smallest absolute Gasteiger partial charge is 0.177 e. The van der Waals surface area contributed by atoms with Crippen molar-refractivity contribution in [3.05, 3.63) is 68.1 Å². The molecule has 0 aromatic heterocycles. The van der Waals surface area contributed by atoms with Gasteiger partial charge >= 0.3 is 0 Å². The van der Waals surface area contributed by atoms with E-state index in [9.17, 15) is 4.79 Å². The van der Waals surface area contributed by atoms with E-state index < -0.39 is 0 Å². The minimum Gasteiger partial charge on any atom is -0.293 e. The van der Waals surface area contributed by atoms with Crippen LogP contribution in [-0.2, 0) is 6.42 Å². The molecule has 2 aromatic carbocycles. The molecular weight excluding hydrogens is 427 g/mol. The Labute approximate surface area is 144 Å². The fraction of sp³-hybridized carbons (Fsp3) is 0.133. The first-order valence-corrected chi connectivity index (χ1v) is 8.31. The van der Waals surface area contributed by atoms with Crippen LogP contribution in [-0.4, -0.2) is 10.6 Å². The van der Waals surface area contributed by atoms with E-state index in [1.54, 1.807) is 18.2 Å². The molecule has 0 spiro atoms. The van der Waals surface area contributed by atoms with Gasteiger partial charge in [0, 0.05) is 20.1 Å². The number of alkyl halides is 1. The number of ketones is 1. The topological polar surface area (TPSA) is 17.1 Å². The summed E-state index contributed by atoms with van der Waals surface area (Å²) in [6, 6.07) is 12.6. The van der Waals surface area contributed by atoms with E-state index in [4.69, 9.17) is 23.2 Å². The summed E-state index contributed by atoms with van der Waals surface area (Å²) in [7, 11) is 0. The quantitative estimate of drug-likeness (QED) is 0.428. The first-order chi connectivity index (χ1) is 9.47. The number of halogens is 4. The average Bonchev–Trinajstić information content (AvgIpc) is 2.40. The van der Waals surface area contributed by atoms with E-state index in [2.05, 4.69) is 31.9 Å². The van der Waals surface area contributed by atoms with E-state index in [0.717, 1.165) is 5.56 Å². The number of hydrogen-bond donors (Lipinski definition) is 0. The summed E-state index contributed by atoms with van der Waals surface area (Å²) >= 11 is 18.5. The largest absolute Gasteiger partial charge is 0.293 e. The van der Waals surface area contributed by atoms with Crippen molar-refractivity contribution in [3.63, 3.8) is 0 Å². The zero-order chi connectivity index (χ0) is 14.7. The molecule has 1 atom stereocenters. The average molecular weight is 437 g/mol. The van der Waals surface area contributed by atoms with Crippen LogP contribution in [0.4, 0.5) is 0 Å². The molecule has 20 heavy (non-hydrogen) atoms. The van der Waals surface area contributed by atoms with Crippen molar-refractivity contribution < 1.29 is 4.79 Å². The normalized spacial score (nSPS) is 12.2. The van der Waals surface area contributed by atoms with Gasteiger partial charge in [0.05, 0.1) is 4.83 Å². The zero-order valence-corrected chi connectivity index (χ0v) is 14.9. The molecule has 0 saturated carbocycles. The van der Waals surface area contributed by atoms with Crippen molar-refractivity contribution in [1.29, 1.82) is 0 Å². The molecule has 0 amide bonds. The molecule has 2 aromatic rings. The monoisotopic (exact) mass is 434 g/mol. The van der Waals surface area contributed by atoms with Gasteiger partial charge in [0.2, 0.25) is 0 Å². The predicted octanol–water partition coefficient (Wildman–Crippen LogP) is 5.94. The lowest BCUT2D eigenvalue weighted by molar-refractivity contribution is 0.0990. The predicted molar refractivity (Wildman–Crippen MR) is 91.4 cm³/mol. The molecule has 0 heterocycles. The van der Waals surface area contributed by atoms with E-state index in [-0.39, 0.29) is 10.6 Å². The van der Waals surface area contributed by atoms with E-state index in [1.165, 1.54) is 0 Å².